The predicted molar refractivity (Wildman–Crippen MR) is 97.1 cm³/mol. The average molecular weight is 343 g/mol. The highest BCUT2D eigenvalue weighted by atomic mass is 16.5. The second-order valence-electron chi connectivity index (χ2n) is 7.51. The van der Waals surface area contributed by atoms with Gasteiger partial charge in [0, 0.05) is 12.5 Å². The van der Waals surface area contributed by atoms with Gasteiger partial charge in [-0.1, -0.05) is 65.2 Å². The SMILES string of the molecule is CCCCCCCCC1C(O)CCOC1CCCCC(C)C(=O)O. The van der Waals surface area contributed by atoms with Crippen LogP contribution in [0.3, 0.4) is 0 Å². The summed E-state index contributed by atoms with van der Waals surface area (Å²) < 4.78 is 5.93. The highest BCUT2D eigenvalue weighted by Crippen LogP contribution is 2.30. The first-order valence-corrected chi connectivity index (χ1v) is 10.1. The van der Waals surface area contributed by atoms with Crippen LogP contribution in [-0.4, -0.2) is 35.0 Å². The zero-order valence-electron chi connectivity index (χ0n) is 15.7. The summed E-state index contributed by atoms with van der Waals surface area (Å²) in [5.74, 6) is -0.705. The van der Waals surface area contributed by atoms with Crippen molar-refractivity contribution in [2.75, 3.05) is 6.61 Å². The van der Waals surface area contributed by atoms with Gasteiger partial charge in [-0.05, 0) is 25.7 Å². The molecule has 0 aliphatic carbocycles. The highest BCUT2D eigenvalue weighted by molar-refractivity contribution is 5.69. The molecule has 1 rings (SSSR count). The largest absolute Gasteiger partial charge is 0.481 e. The van der Waals surface area contributed by atoms with Crippen LogP contribution in [0.4, 0.5) is 0 Å². The summed E-state index contributed by atoms with van der Waals surface area (Å²) in [4.78, 5) is 10.8. The molecule has 4 heteroatoms. The first-order valence-electron chi connectivity index (χ1n) is 10.1. The number of rotatable bonds is 13. The van der Waals surface area contributed by atoms with Crippen molar-refractivity contribution in [3.8, 4) is 0 Å². The van der Waals surface area contributed by atoms with Crippen LogP contribution in [0.25, 0.3) is 0 Å². The topological polar surface area (TPSA) is 66.8 Å². The van der Waals surface area contributed by atoms with Crippen molar-refractivity contribution >= 4 is 5.97 Å². The first kappa shape index (κ1) is 21.4. The molecule has 4 unspecified atom stereocenters. The first-order chi connectivity index (χ1) is 11.6. The molecule has 1 heterocycles. The number of aliphatic hydroxyl groups is 1. The Bertz CT molecular complexity index is 332. The third kappa shape index (κ3) is 8.48. The third-order valence-corrected chi connectivity index (χ3v) is 5.41. The smallest absolute Gasteiger partial charge is 0.306 e. The van der Waals surface area contributed by atoms with Gasteiger partial charge in [-0.2, -0.15) is 0 Å². The second kappa shape index (κ2) is 12.7. The lowest BCUT2D eigenvalue weighted by Gasteiger charge is -2.36. The van der Waals surface area contributed by atoms with Crippen molar-refractivity contribution in [3.05, 3.63) is 0 Å². The van der Waals surface area contributed by atoms with E-state index in [0.29, 0.717) is 6.61 Å². The Balaban J connectivity index is 2.25. The number of carboxylic acid groups (broad SMARTS) is 1. The summed E-state index contributed by atoms with van der Waals surface area (Å²) in [7, 11) is 0. The fourth-order valence-corrected chi connectivity index (χ4v) is 3.68. The van der Waals surface area contributed by atoms with Crippen LogP contribution in [0.5, 0.6) is 0 Å². The maximum absolute atomic E-state index is 10.8. The molecule has 0 saturated carbocycles. The minimum atomic E-state index is -0.708. The minimum Gasteiger partial charge on any atom is -0.481 e. The summed E-state index contributed by atoms with van der Waals surface area (Å²) in [5, 5.41) is 19.3. The van der Waals surface area contributed by atoms with Gasteiger partial charge in [0.2, 0.25) is 0 Å². The molecule has 1 aliphatic rings. The van der Waals surface area contributed by atoms with Gasteiger partial charge in [-0.25, -0.2) is 0 Å². The normalized spacial score (nSPS) is 25.5. The van der Waals surface area contributed by atoms with Crippen LogP contribution < -0.4 is 0 Å². The van der Waals surface area contributed by atoms with E-state index in [9.17, 15) is 9.90 Å². The molecule has 4 nitrogen and oxygen atoms in total. The van der Waals surface area contributed by atoms with Crippen LogP contribution in [0.1, 0.15) is 90.9 Å². The Labute approximate surface area is 148 Å². The molecule has 24 heavy (non-hydrogen) atoms. The number of aliphatic hydroxyl groups excluding tert-OH is 1. The minimum absolute atomic E-state index is 0.157. The van der Waals surface area contributed by atoms with E-state index in [1.54, 1.807) is 6.92 Å². The molecular weight excluding hydrogens is 304 g/mol. The van der Waals surface area contributed by atoms with Crippen molar-refractivity contribution in [2.24, 2.45) is 11.8 Å². The van der Waals surface area contributed by atoms with Crippen molar-refractivity contribution < 1.29 is 19.7 Å². The molecule has 0 spiro atoms. The molecular formula is C20H38O4. The molecule has 0 bridgehead atoms. The van der Waals surface area contributed by atoms with E-state index >= 15 is 0 Å². The molecule has 0 aromatic heterocycles. The summed E-state index contributed by atoms with van der Waals surface area (Å²) in [6.45, 7) is 4.66. The fourth-order valence-electron chi connectivity index (χ4n) is 3.68. The summed E-state index contributed by atoms with van der Waals surface area (Å²) in [5.41, 5.74) is 0. The molecule has 0 amide bonds. The number of ether oxygens (including phenoxy) is 1. The van der Waals surface area contributed by atoms with E-state index < -0.39 is 5.97 Å². The van der Waals surface area contributed by atoms with Gasteiger partial charge in [-0.15, -0.1) is 0 Å². The number of hydrogen-bond donors (Lipinski definition) is 2. The van der Waals surface area contributed by atoms with Gasteiger partial charge < -0.3 is 14.9 Å². The lowest BCUT2D eigenvalue weighted by Crippen LogP contribution is -2.39. The lowest BCUT2D eigenvalue weighted by atomic mass is 9.84. The fraction of sp³-hybridized carbons (Fsp3) is 0.950. The lowest BCUT2D eigenvalue weighted by molar-refractivity contribution is -0.141. The van der Waals surface area contributed by atoms with Crippen molar-refractivity contribution in [2.45, 2.75) is 103 Å². The van der Waals surface area contributed by atoms with Crippen molar-refractivity contribution in [1.29, 1.82) is 0 Å². The number of unbranched alkanes of at least 4 members (excludes halogenated alkanes) is 6. The molecule has 0 aromatic rings. The third-order valence-electron chi connectivity index (χ3n) is 5.41. The number of aliphatic carboxylic acids is 1. The van der Waals surface area contributed by atoms with Crippen LogP contribution in [0.15, 0.2) is 0 Å². The van der Waals surface area contributed by atoms with Crippen LogP contribution >= 0.6 is 0 Å². The Hall–Kier alpha value is -0.610. The molecule has 4 atom stereocenters. The monoisotopic (exact) mass is 342 g/mol. The van der Waals surface area contributed by atoms with Gasteiger partial charge in [-0.3, -0.25) is 4.79 Å². The van der Waals surface area contributed by atoms with E-state index in [-0.39, 0.29) is 24.0 Å². The average Bonchev–Trinajstić information content (AvgIpc) is 2.56. The quantitative estimate of drug-likeness (QED) is 0.473. The number of carboxylic acids is 1. The maximum atomic E-state index is 10.8. The van der Waals surface area contributed by atoms with Crippen molar-refractivity contribution in [1.82, 2.24) is 0 Å². The molecule has 1 saturated heterocycles. The van der Waals surface area contributed by atoms with Crippen LogP contribution in [-0.2, 0) is 9.53 Å². The van der Waals surface area contributed by atoms with Gasteiger partial charge in [0.25, 0.3) is 0 Å². The van der Waals surface area contributed by atoms with E-state index in [4.69, 9.17) is 9.84 Å². The van der Waals surface area contributed by atoms with Gasteiger partial charge in [0.05, 0.1) is 18.1 Å². The molecule has 0 radical (unpaired) electrons. The number of hydrogen-bond acceptors (Lipinski definition) is 3. The van der Waals surface area contributed by atoms with Crippen LogP contribution in [0, 0.1) is 11.8 Å². The number of carbonyl (C=O) groups is 1. The van der Waals surface area contributed by atoms with Gasteiger partial charge >= 0.3 is 5.97 Å². The predicted octanol–water partition coefficient (Wildman–Crippen LogP) is 4.78. The molecule has 2 N–H and O–H groups in total. The van der Waals surface area contributed by atoms with Crippen LogP contribution in [0.2, 0.25) is 0 Å². The summed E-state index contributed by atoms with van der Waals surface area (Å²) in [6, 6.07) is 0. The van der Waals surface area contributed by atoms with E-state index in [0.717, 1.165) is 38.5 Å². The Kier molecular flexibility index (Phi) is 11.4. The van der Waals surface area contributed by atoms with Crippen molar-refractivity contribution in [3.63, 3.8) is 0 Å². The van der Waals surface area contributed by atoms with E-state index in [2.05, 4.69) is 6.92 Å². The summed E-state index contributed by atoms with van der Waals surface area (Å²) >= 11 is 0. The highest BCUT2D eigenvalue weighted by Gasteiger charge is 2.32. The van der Waals surface area contributed by atoms with Gasteiger partial charge in [0.1, 0.15) is 0 Å². The molecule has 1 fully saturated rings. The zero-order valence-corrected chi connectivity index (χ0v) is 15.7. The van der Waals surface area contributed by atoms with E-state index in [1.165, 1.54) is 38.5 Å². The summed E-state index contributed by atoms with van der Waals surface area (Å²) in [6.07, 6.45) is 13.0. The van der Waals surface area contributed by atoms with E-state index in [1.807, 2.05) is 0 Å². The Morgan fingerprint density at radius 2 is 1.75 bits per heavy atom. The van der Waals surface area contributed by atoms with Gasteiger partial charge in [0.15, 0.2) is 0 Å². The zero-order chi connectivity index (χ0) is 17.8. The molecule has 142 valence electrons. The molecule has 0 aromatic carbocycles. The second-order valence-corrected chi connectivity index (χ2v) is 7.51. The molecule has 1 aliphatic heterocycles. The standard InChI is InChI=1S/C20H38O4/c1-3-4-5-6-7-8-12-17-18(21)14-15-24-19(17)13-10-9-11-16(2)20(22)23/h16-19,21H,3-15H2,1-2H3,(H,22,23). The maximum Gasteiger partial charge on any atom is 0.306 e. The Morgan fingerprint density at radius 1 is 1.08 bits per heavy atom. The Morgan fingerprint density at radius 3 is 2.46 bits per heavy atom.